The summed E-state index contributed by atoms with van der Waals surface area (Å²) in [5.41, 5.74) is 1.15. The van der Waals surface area contributed by atoms with Crippen LogP contribution in [0.25, 0.3) is 0 Å². The van der Waals surface area contributed by atoms with Crippen LogP contribution in [0.2, 0.25) is 5.02 Å². The summed E-state index contributed by atoms with van der Waals surface area (Å²) in [6.45, 7) is 3.92. The van der Waals surface area contributed by atoms with Gasteiger partial charge in [-0.05, 0) is 31.4 Å². The smallest absolute Gasteiger partial charge is 0.105 e. The third kappa shape index (κ3) is 2.14. The Hall–Kier alpha value is -0.250. The van der Waals surface area contributed by atoms with Crippen molar-refractivity contribution in [3.63, 3.8) is 0 Å². The fourth-order valence-corrected chi connectivity index (χ4v) is 3.84. The second-order valence-electron chi connectivity index (χ2n) is 3.36. The van der Waals surface area contributed by atoms with Gasteiger partial charge in [0.05, 0.1) is 9.85 Å². The third-order valence-electron chi connectivity index (χ3n) is 2.23. The number of halogens is 2. The van der Waals surface area contributed by atoms with Crippen molar-refractivity contribution in [3.8, 4) is 0 Å². The van der Waals surface area contributed by atoms with Crippen LogP contribution in [0.1, 0.15) is 26.8 Å². The van der Waals surface area contributed by atoms with Crippen LogP contribution >= 0.6 is 38.9 Å². The summed E-state index contributed by atoms with van der Waals surface area (Å²) in [6, 6.07) is 3.96. The molecule has 0 spiro atoms. The van der Waals surface area contributed by atoms with Gasteiger partial charge >= 0.3 is 0 Å². The predicted molar refractivity (Wildman–Crippen MR) is 68.3 cm³/mol. The van der Waals surface area contributed by atoms with E-state index in [0.717, 1.165) is 27.0 Å². The standard InChI is InChI=1S/C11H10BrClOS/c1-6-5-8(7(2)14-6)10(12)11-9(13)3-4-15-11/h3-5,10H,1-2H3. The van der Waals surface area contributed by atoms with Gasteiger partial charge < -0.3 is 4.42 Å². The van der Waals surface area contributed by atoms with Crippen LogP contribution in [-0.4, -0.2) is 0 Å². The Morgan fingerprint density at radius 3 is 2.67 bits per heavy atom. The summed E-state index contributed by atoms with van der Waals surface area (Å²) < 4.78 is 5.51. The van der Waals surface area contributed by atoms with E-state index in [1.165, 1.54) is 0 Å². The van der Waals surface area contributed by atoms with Crippen molar-refractivity contribution in [2.45, 2.75) is 18.7 Å². The maximum Gasteiger partial charge on any atom is 0.105 e. The Bertz CT molecular complexity index is 475. The molecular weight excluding hydrogens is 296 g/mol. The molecule has 15 heavy (non-hydrogen) atoms. The molecule has 1 atom stereocenters. The Morgan fingerprint density at radius 2 is 2.20 bits per heavy atom. The summed E-state index contributed by atoms with van der Waals surface area (Å²) >= 11 is 11.4. The molecule has 0 bridgehead atoms. The molecule has 0 aliphatic rings. The molecule has 2 heterocycles. The van der Waals surface area contributed by atoms with E-state index in [2.05, 4.69) is 15.9 Å². The molecule has 0 aromatic carbocycles. The van der Waals surface area contributed by atoms with Crippen molar-refractivity contribution >= 4 is 38.9 Å². The molecule has 4 heteroatoms. The number of hydrogen-bond donors (Lipinski definition) is 0. The van der Waals surface area contributed by atoms with E-state index >= 15 is 0 Å². The molecule has 80 valence electrons. The van der Waals surface area contributed by atoms with E-state index in [9.17, 15) is 0 Å². The fourth-order valence-electron chi connectivity index (χ4n) is 1.53. The number of rotatable bonds is 2. The molecule has 1 unspecified atom stereocenters. The molecule has 2 rings (SSSR count). The maximum atomic E-state index is 6.09. The zero-order chi connectivity index (χ0) is 11.0. The maximum absolute atomic E-state index is 6.09. The Labute approximate surface area is 106 Å². The molecule has 2 aromatic heterocycles. The average Bonchev–Trinajstić information content (AvgIpc) is 2.71. The molecule has 1 nitrogen and oxygen atoms in total. The molecule has 0 fully saturated rings. The largest absolute Gasteiger partial charge is 0.466 e. The van der Waals surface area contributed by atoms with Crippen molar-refractivity contribution in [1.29, 1.82) is 0 Å². The minimum Gasteiger partial charge on any atom is -0.466 e. The highest BCUT2D eigenvalue weighted by Gasteiger charge is 2.19. The van der Waals surface area contributed by atoms with Crippen molar-refractivity contribution in [1.82, 2.24) is 0 Å². The summed E-state index contributed by atoms with van der Waals surface area (Å²) in [5.74, 6) is 1.87. The van der Waals surface area contributed by atoms with Crippen LogP contribution in [0.15, 0.2) is 21.9 Å². The van der Waals surface area contributed by atoms with Crippen LogP contribution in [0.5, 0.6) is 0 Å². The summed E-state index contributed by atoms with van der Waals surface area (Å²) in [6.07, 6.45) is 0. The zero-order valence-corrected chi connectivity index (χ0v) is 11.5. The van der Waals surface area contributed by atoms with E-state index in [1.807, 2.05) is 31.4 Å². The van der Waals surface area contributed by atoms with Crippen LogP contribution in [0.4, 0.5) is 0 Å². The SMILES string of the molecule is Cc1cc(C(Br)c2sccc2Cl)c(C)o1. The number of aryl methyl sites for hydroxylation is 2. The lowest BCUT2D eigenvalue weighted by Crippen LogP contribution is -1.89. The van der Waals surface area contributed by atoms with Crippen molar-refractivity contribution in [3.05, 3.63) is 44.5 Å². The summed E-state index contributed by atoms with van der Waals surface area (Å²) in [7, 11) is 0. The highest BCUT2D eigenvalue weighted by molar-refractivity contribution is 9.09. The molecule has 0 aliphatic heterocycles. The normalized spacial score (nSPS) is 13.1. The molecule has 0 saturated carbocycles. The zero-order valence-electron chi connectivity index (χ0n) is 8.38. The molecule has 0 aliphatic carbocycles. The third-order valence-corrected chi connectivity index (χ3v) is 4.90. The first-order chi connectivity index (χ1) is 7.09. The van der Waals surface area contributed by atoms with E-state index in [0.29, 0.717) is 0 Å². The van der Waals surface area contributed by atoms with E-state index in [1.54, 1.807) is 11.3 Å². The lowest BCUT2D eigenvalue weighted by molar-refractivity contribution is 0.502. The van der Waals surface area contributed by atoms with Gasteiger partial charge in [0, 0.05) is 10.4 Å². The van der Waals surface area contributed by atoms with Crippen molar-refractivity contribution in [2.75, 3.05) is 0 Å². The van der Waals surface area contributed by atoms with Gasteiger partial charge in [-0.1, -0.05) is 27.5 Å². The van der Waals surface area contributed by atoms with Gasteiger partial charge in [-0.2, -0.15) is 0 Å². The minimum atomic E-state index is 0.127. The van der Waals surface area contributed by atoms with Crippen LogP contribution in [-0.2, 0) is 0 Å². The van der Waals surface area contributed by atoms with Gasteiger partial charge in [-0.3, -0.25) is 0 Å². The number of alkyl halides is 1. The van der Waals surface area contributed by atoms with Gasteiger partial charge in [-0.25, -0.2) is 0 Å². The first-order valence-corrected chi connectivity index (χ1v) is 6.71. The highest BCUT2D eigenvalue weighted by atomic mass is 79.9. The monoisotopic (exact) mass is 304 g/mol. The molecule has 0 amide bonds. The number of hydrogen-bond acceptors (Lipinski definition) is 2. The Balaban J connectivity index is 2.40. The second kappa shape index (κ2) is 4.32. The van der Waals surface area contributed by atoms with E-state index in [4.69, 9.17) is 16.0 Å². The lowest BCUT2D eigenvalue weighted by Gasteiger charge is -2.06. The van der Waals surface area contributed by atoms with Crippen LogP contribution in [0, 0.1) is 13.8 Å². The Morgan fingerprint density at radius 1 is 1.47 bits per heavy atom. The van der Waals surface area contributed by atoms with Crippen molar-refractivity contribution < 1.29 is 4.42 Å². The van der Waals surface area contributed by atoms with E-state index < -0.39 is 0 Å². The van der Waals surface area contributed by atoms with Crippen LogP contribution < -0.4 is 0 Å². The first-order valence-electron chi connectivity index (χ1n) is 4.53. The highest BCUT2D eigenvalue weighted by Crippen LogP contribution is 2.40. The quantitative estimate of drug-likeness (QED) is 0.704. The van der Waals surface area contributed by atoms with Gasteiger partial charge in [0.1, 0.15) is 11.5 Å². The number of thiophene rings is 1. The predicted octanol–water partition coefficient (Wildman–Crippen LogP) is 5.10. The molecule has 0 N–H and O–H groups in total. The topological polar surface area (TPSA) is 13.1 Å². The summed E-state index contributed by atoms with van der Waals surface area (Å²) in [5, 5.41) is 2.80. The molecular formula is C11H10BrClOS. The molecule has 0 saturated heterocycles. The lowest BCUT2D eigenvalue weighted by atomic mass is 10.1. The molecule has 2 aromatic rings. The van der Waals surface area contributed by atoms with E-state index in [-0.39, 0.29) is 4.83 Å². The fraction of sp³-hybridized carbons (Fsp3) is 0.273. The van der Waals surface area contributed by atoms with Gasteiger partial charge in [0.15, 0.2) is 0 Å². The van der Waals surface area contributed by atoms with Crippen LogP contribution in [0.3, 0.4) is 0 Å². The Kier molecular flexibility index (Phi) is 3.24. The second-order valence-corrected chi connectivity index (χ2v) is 5.63. The van der Waals surface area contributed by atoms with Crippen molar-refractivity contribution in [2.24, 2.45) is 0 Å². The number of furan rings is 1. The first kappa shape index (κ1) is 11.2. The van der Waals surface area contributed by atoms with Gasteiger partial charge in [0.25, 0.3) is 0 Å². The molecule has 0 radical (unpaired) electrons. The van der Waals surface area contributed by atoms with Gasteiger partial charge in [-0.15, -0.1) is 11.3 Å². The van der Waals surface area contributed by atoms with Gasteiger partial charge in [0.2, 0.25) is 0 Å². The summed E-state index contributed by atoms with van der Waals surface area (Å²) in [4.78, 5) is 1.25. The minimum absolute atomic E-state index is 0.127. The average molecular weight is 306 g/mol.